The van der Waals surface area contributed by atoms with Gasteiger partial charge in [0.05, 0.1) is 12.3 Å². The zero-order valence-electron chi connectivity index (χ0n) is 14.1. The molecular weight excluding hydrogens is 276 g/mol. The number of cyclic esters (lactones) is 2. The van der Waals surface area contributed by atoms with Gasteiger partial charge in [-0.2, -0.15) is 0 Å². The lowest BCUT2D eigenvalue weighted by Gasteiger charge is -2.01. The molecule has 126 valence electrons. The third-order valence-electron chi connectivity index (χ3n) is 4.27. The molecular formula is C19H32O3. The Morgan fingerprint density at radius 3 is 2.05 bits per heavy atom. The minimum atomic E-state index is -0.377. The SMILES string of the molecule is CCCCCCCCCCCCC=CCC1CC(=O)OC1=O. The lowest BCUT2D eigenvalue weighted by atomic mass is 10.0. The first kappa shape index (κ1) is 18.9. The van der Waals surface area contributed by atoms with Gasteiger partial charge >= 0.3 is 11.9 Å². The Morgan fingerprint density at radius 1 is 0.909 bits per heavy atom. The Morgan fingerprint density at radius 2 is 1.50 bits per heavy atom. The molecule has 1 aliphatic rings. The molecule has 22 heavy (non-hydrogen) atoms. The van der Waals surface area contributed by atoms with E-state index >= 15 is 0 Å². The third kappa shape index (κ3) is 9.01. The molecule has 0 aromatic carbocycles. The predicted octanol–water partition coefficient (Wildman–Crippen LogP) is 5.33. The average Bonchev–Trinajstić information content (AvgIpc) is 2.82. The number of esters is 2. The summed E-state index contributed by atoms with van der Waals surface area (Å²) in [6.07, 6.45) is 19.7. The molecule has 0 saturated carbocycles. The largest absolute Gasteiger partial charge is 0.393 e. The Balaban J connectivity index is 1.84. The molecule has 0 aliphatic carbocycles. The number of carbonyl (C=O) groups is 2. The van der Waals surface area contributed by atoms with Crippen LogP contribution in [0, 0.1) is 5.92 Å². The van der Waals surface area contributed by atoms with Gasteiger partial charge in [-0.3, -0.25) is 9.59 Å². The minimum Gasteiger partial charge on any atom is -0.393 e. The summed E-state index contributed by atoms with van der Waals surface area (Å²) in [7, 11) is 0. The number of hydrogen-bond acceptors (Lipinski definition) is 3. The Bertz CT molecular complexity index is 347. The van der Waals surface area contributed by atoms with Crippen LogP contribution in [0.25, 0.3) is 0 Å². The van der Waals surface area contributed by atoms with Gasteiger partial charge in [0.15, 0.2) is 0 Å². The summed E-state index contributed by atoms with van der Waals surface area (Å²) in [5.74, 6) is -0.969. The van der Waals surface area contributed by atoms with Crippen molar-refractivity contribution >= 4 is 11.9 Å². The van der Waals surface area contributed by atoms with Gasteiger partial charge in [-0.25, -0.2) is 0 Å². The minimum absolute atomic E-state index is 0.239. The highest BCUT2D eigenvalue weighted by molar-refractivity contribution is 5.94. The molecule has 1 unspecified atom stereocenters. The van der Waals surface area contributed by atoms with E-state index in [-0.39, 0.29) is 24.3 Å². The molecule has 0 N–H and O–H groups in total. The number of allylic oxidation sites excluding steroid dienone is 2. The highest BCUT2D eigenvalue weighted by atomic mass is 16.6. The lowest BCUT2D eigenvalue weighted by Crippen LogP contribution is -2.05. The smallest absolute Gasteiger partial charge is 0.317 e. The summed E-state index contributed by atoms with van der Waals surface area (Å²) >= 11 is 0. The highest BCUT2D eigenvalue weighted by Gasteiger charge is 2.31. The topological polar surface area (TPSA) is 43.4 Å². The molecule has 1 atom stereocenters. The molecule has 1 heterocycles. The van der Waals surface area contributed by atoms with E-state index in [0.717, 1.165) is 6.42 Å². The van der Waals surface area contributed by atoms with Gasteiger partial charge < -0.3 is 4.74 Å². The van der Waals surface area contributed by atoms with Crippen LogP contribution in [0.15, 0.2) is 12.2 Å². The Kier molecular flexibility index (Phi) is 10.7. The van der Waals surface area contributed by atoms with Crippen molar-refractivity contribution in [3.8, 4) is 0 Å². The van der Waals surface area contributed by atoms with E-state index in [1.807, 2.05) is 6.08 Å². The van der Waals surface area contributed by atoms with Crippen molar-refractivity contribution in [2.24, 2.45) is 5.92 Å². The van der Waals surface area contributed by atoms with E-state index in [2.05, 4.69) is 17.7 Å². The molecule has 3 nitrogen and oxygen atoms in total. The molecule has 1 saturated heterocycles. The van der Waals surface area contributed by atoms with Crippen molar-refractivity contribution in [1.29, 1.82) is 0 Å². The second-order valence-corrected chi connectivity index (χ2v) is 6.37. The normalized spacial score (nSPS) is 18.3. The second-order valence-electron chi connectivity index (χ2n) is 6.37. The number of carbonyl (C=O) groups excluding carboxylic acids is 2. The Hall–Kier alpha value is -1.12. The van der Waals surface area contributed by atoms with E-state index < -0.39 is 0 Å². The number of unbranched alkanes of at least 4 members (excludes halogenated alkanes) is 10. The summed E-state index contributed by atoms with van der Waals surface area (Å²) in [6.45, 7) is 2.26. The van der Waals surface area contributed by atoms with Gasteiger partial charge in [0, 0.05) is 0 Å². The van der Waals surface area contributed by atoms with Crippen molar-refractivity contribution in [3.05, 3.63) is 12.2 Å². The van der Waals surface area contributed by atoms with Crippen LogP contribution in [0.4, 0.5) is 0 Å². The van der Waals surface area contributed by atoms with Crippen molar-refractivity contribution in [1.82, 2.24) is 0 Å². The van der Waals surface area contributed by atoms with Gasteiger partial charge in [-0.05, 0) is 19.3 Å². The van der Waals surface area contributed by atoms with Gasteiger partial charge in [-0.1, -0.05) is 76.9 Å². The van der Waals surface area contributed by atoms with Crippen LogP contribution in [-0.2, 0) is 14.3 Å². The van der Waals surface area contributed by atoms with Crippen molar-refractivity contribution in [2.75, 3.05) is 0 Å². The fraction of sp³-hybridized carbons (Fsp3) is 0.789. The summed E-state index contributed by atoms with van der Waals surface area (Å²) in [4.78, 5) is 22.2. The maximum absolute atomic E-state index is 11.3. The van der Waals surface area contributed by atoms with Crippen molar-refractivity contribution < 1.29 is 14.3 Å². The van der Waals surface area contributed by atoms with E-state index in [4.69, 9.17) is 0 Å². The average molecular weight is 308 g/mol. The zero-order valence-corrected chi connectivity index (χ0v) is 14.1. The van der Waals surface area contributed by atoms with Crippen LogP contribution in [0.2, 0.25) is 0 Å². The van der Waals surface area contributed by atoms with Crippen molar-refractivity contribution in [2.45, 2.75) is 90.4 Å². The highest BCUT2D eigenvalue weighted by Crippen LogP contribution is 2.20. The summed E-state index contributed by atoms with van der Waals surface area (Å²) in [5, 5.41) is 0. The number of hydrogen-bond donors (Lipinski definition) is 0. The van der Waals surface area contributed by atoms with Crippen LogP contribution >= 0.6 is 0 Å². The van der Waals surface area contributed by atoms with Crippen LogP contribution in [0.3, 0.4) is 0 Å². The lowest BCUT2D eigenvalue weighted by molar-refractivity contribution is -0.153. The van der Waals surface area contributed by atoms with Gasteiger partial charge in [-0.15, -0.1) is 0 Å². The summed E-state index contributed by atoms with van der Waals surface area (Å²) < 4.78 is 4.53. The number of ether oxygens (including phenoxy) is 1. The molecule has 0 aromatic rings. The molecule has 3 heteroatoms. The molecule has 0 amide bonds. The van der Waals surface area contributed by atoms with Crippen LogP contribution in [0.1, 0.15) is 90.4 Å². The van der Waals surface area contributed by atoms with E-state index in [0.29, 0.717) is 6.42 Å². The first-order valence-electron chi connectivity index (χ1n) is 9.13. The molecule has 0 spiro atoms. The zero-order chi connectivity index (χ0) is 16.0. The van der Waals surface area contributed by atoms with Gasteiger partial charge in [0.2, 0.25) is 0 Å². The molecule has 0 bridgehead atoms. The van der Waals surface area contributed by atoms with Crippen LogP contribution in [-0.4, -0.2) is 11.9 Å². The quantitative estimate of drug-likeness (QED) is 0.200. The van der Waals surface area contributed by atoms with Crippen molar-refractivity contribution in [3.63, 3.8) is 0 Å². The van der Waals surface area contributed by atoms with Crippen LogP contribution in [0.5, 0.6) is 0 Å². The molecule has 1 fully saturated rings. The molecule has 1 rings (SSSR count). The fourth-order valence-corrected chi connectivity index (χ4v) is 2.83. The Labute approximate surface area is 135 Å². The first-order chi connectivity index (χ1) is 10.7. The predicted molar refractivity (Wildman–Crippen MR) is 89.4 cm³/mol. The monoisotopic (exact) mass is 308 g/mol. The van der Waals surface area contributed by atoms with E-state index in [1.54, 1.807) is 0 Å². The molecule has 0 aromatic heterocycles. The first-order valence-corrected chi connectivity index (χ1v) is 9.13. The fourth-order valence-electron chi connectivity index (χ4n) is 2.83. The van der Waals surface area contributed by atoms with Crippen LogP contribution < -0.4 is 0 Å². The second kappa shape index (κ2) is 12.4. The van der Waals surface area contributed by atoms with E-state index in [1.165, 1.54) is 64.2 Å². The maximum Gasteiger partial charge on any atom is 0.317 e. The summed E-state index contributed by atoms with van der Waals surface area (Å²) in [5.41, 5.74) is 0. The standard InChI is InChI=1S/C19H32O3/c1-2-3-4-5-6-7-8-9-10-11-12-13-14-15-17-16-18(20)22-19(17)21/h13-14,17H,2-12,15-16H2,1H3. The molecule has 1 aliphatic heterocycles. The maximum atomic E-state index is 11.3. The van der Waals surface area contributed by atoms with Gasteiger partial charge in [0.1, 0.15) is 0 Å². The van der Waals surface area contributed by atoms with E-state index in [9.17, 15) is 9.59 Å². The third-order valence-corrected chi connectivity index (χ3v) is 4.27. The molecule has 0 radical (unpaired) electrons. The van der Waals surface area contributed by atoms with Gasteiger partial charge in [0.25, 0.3) is 0 Å². The number of rotatable bonds is 13. The summed E-state index contributed by atoms with van der Waals surface area (Å²) in [6, 6.07) is 0.